The molecule has 0 aliphatic carbocycles. The number of nitrogens with one attached hydrogen (secondary N) is 2. The van der Waals surface area contributed by atoms with Crippen molar-refractivity contribution in [1.29, 1.82) is 0 Å². The number of rotatable bonds is 33. The predicted octanol–water partition coefficient (Wildman–Crippen LogP) is -7.59. The largest absolute Gasteiger partial charge is 0.394 e. The molecule has 10 atom stereocenters. The van der Waals surface area contributed by atoms with Crippen molar-refractivity contribution in [2.45, 2.75) is 67.5 Å². The zero-order valence-electron chi connectivity index (χ0n) is 27.4. The molecule has 0 radical (unpaired) electrons. The molecule has 6 unspecified atom stereocenters. The molecule has 0 rings (SSSR count). The minimum atomic E-state index is -1.81. The van der Waals surface area contributed by atoms with Gasteiger partial charge in [-0.15, -0.1) is 0 Å². The summed E-state index contributed by atoms with van der Waals surface area (Å²) in [6.45, 7) is -2.38. The Morgan fingerprint density at radius 2 is 0.833 bits per heavy atom. The maximum Gasteiger partial charge on any atom is 0.222 e. The Bertz CT molecular complexity index is 761. The summed E-state index contributed by atoms with van der Waals surface area (Å²) in [6, 6.07) is 0. The Morgan fingerprint density at radius 3 is 1.19 bits per heavy atom. The number of ether oxygens (including phenoxy) is 6. The van der Waals surface area contributed by atoms with Crippen LogP contribution in [-0.4, -0.2) is 229 Å². The first-order valence-corrected chi connectivity index (χ1v) is 15.6. The molecule has 0 aromatic carbocycles. The summed E-state index contributed by atoms with van der Waals surface area (Å²) in [5, 5.41) is 111. The maximum atomic E-state index is 11.8. The van der Waals surface area contributed by atoms with Crippen LogP contribution in [0.25, 0.3) is 0 Å². The van der Waals surface area contributed by atoms with E-state index in [-0.39, 0.29) is 85.7 Å². The van der Waals surface area contributed by atoms with Gasteiger partial charge in [-0.1, -0.05) is 0 Å². The number of amides is 1. The molecule has 0 aliphatic heterocycles. The molecular formula is C28H58N2O18. The summed E-state index contributed by atoms with van der Waals surface area (Å²) in [7, 11) is 1.69. The first-order chi connectivity index (χ1) is 22.8. The Balaban J connectivity index is 3.79. The summed E-state index contributed by atoms with van der Waals surface area (Å²) in [5.41, 5.74) is 0. The molecule has 0 aromatic rings. The normalized spacial score (nSPS) is 18.3. The van der Waals surface area contributed by atoms with Gasteiger partial charge in [0.25, 0.3) is 0 Å². The second-order valence-electron chi connectivity index (χ2n) is 11.1. The second kappa shape index (κ2) is 29.5. The lowest BCUT2D eigenvalue weighted by molar-refractivity contribution is -0.127. The fraction of sp³-hybridized carbons (Fsp3) is 0.964. The highest BCUT2D eigenvalue weighted by molar-refractivity contribution is 5.75. The quantitative estimate of drug-likeness (QED) is 0.0281. The number of carbonyl (C=O) groups is 1. The third kappa shape index (κ3) is 25.7. The van der Waals surface area contributed by atoms with Crippen molar-refractivity contribution in [2.75, 3.05) is 106 Å². The van der Waals surface area contributed by atoms with Crippen LogP contribution < -0.4 is 10.6 Å². The van der Waals surface area contributed by atoms with Gasteiger partial charge in [-0.3, -0.25) is 4.79 Å². The molecule has 20 heteroatoms. The van der Waals surface area contributed by atoms with Crippen LogP contribution in [-0.2, 0) is 33.2 Å². The van der Waals surface area contributed by atoms with Crippen LogP contribution in [0.15, 0.2) is 0 Å². The molecule has 1 amide bonds. The fourth-order valence-electron chi connectivity index (χ4n) is 3.61. The minimum Gasteiger partial charge on any atom is -0.394 e. The highest BCUT2D eigenvalue weighted by Crippen LogP contribution is 2.05. The number of aliphatic hydroxyl groups excluding tert-OH is 11. The molecule has 0 fully saturated rings. The van der Waals surface area contributed by atoms with Crippen LogP contribution in [0, 0.1) is 0 Å². The van der Waals surface area contributed by atoms with Gasteiger partial charge >= 0.3 is 0 Å². The number of carbonyl (C=O) groups excluding carboxylic acids is 1. The van der Waals surface area contributed by atoms with Crippen molar-refractivity contribution in [3.63, 3.8) is 0 Å². The van der Waals surface area contributed by atoms with Gasteiger partial charge in [-0.25, -0.2) is 0 Å². The number of hydrogen-bond donors (Lipinski definition) is 13. The van der Waals surface area contributed by atoms with Crippen LogP contribution in [0.2, 0.25) is 0 Å². The minimum absolute atomic E-state index is 0.0403. The first kappa shape index (κ1) is 46.8. The molecule has 48 heavy (non-hydrogen) atoms. The predicted molar refractivity (Wildman–Crippen MR) is 164 cm³/mol. The van der Waals surface area contributed by atoms with E-state index in [0.717, 1.165) is 0 Å². The molecule has 0 aromatic heterocycles. The van der Waals surface area contributed by atoms with Crippen LogP contribution in [0.3, 0.4) is 0 Å². The highest BCUT2D eigenvalue weighted by Gasteiger charge is 2.30. The van der Waals surface area contributed by atoms with Crippen LogP contribution in [0.5, 0.6) is 0 Å². The van der Waals surface area contributed by atoms with Crippen molar-refractivity contribution in [1.82, 2.24) is 10.6 Å². The van der Waals surface area contributed by atoms with Gasteiger partial charge in [-0.05, 0) is 7.05 Å². The van der Waals surface area contributed by atoms with Crippen LogP contribution in [0.1, 0.15) is 6.42 Å². The van der Waals surface area contributed by atoms with Gasteiger partial charge in [0.05, 0.1) is 98.1 Å². The van der Waals surface area contributed by atoms with E-state index in [1.54, 1.807) is 7.05 Å². The van der Waals surface area contributed by atoms with E-state index in [4.69, 9.17) is 33.5 Å². The SMILES string of the molecule is CNCC(O)COCC(O)COCC(O)COCC(O)COCC(O)COCC(O)COCCC(=O)NC[C@H](O)[C@@H](O)[C@H](O)[C@H](O)CO. The molecule has 20 nitrogen and oxygen atoms in total. The van der Waals surface area contributed by atoms with Crippen LogP contribution in [0.4, 0.5) is 0 Å². The molecule has 0 spiro atoms. The summed E-state index contributed by atoms with van der Waals surface area (Å²) in [6.07, 6.45) is -12.8. The monoisotopic (exact) mass is 710 g/mol. The molecule has 0 aliphatic rings. The second-order valence-corrected chi connectivity index (χ2v) is 11.1. The average Bonchev–Trinajstić information content (AvgIpc) is 3.04. The number of likely N-dealkylation sites (N-methyl/N-ethyl adjacent to an activating group) is 1. The number of aliphatic hydroxyl groups is 11. The Kier molecular flexibility index (Phi) is 28.7. The smallest absolute Gasteiger partial charge is 0.222 e. The Morgan fingerprint density at radius 1 is 0.500 bits per heavy atom. The lowest BCUT2D eigenvalue weighted by atomic mass is 10.0. The third-order valence-electron chi connectivity index (χ3n) is 6.16. The molecule has 0 saturated carbocycles. The van der Waals surface area contributed by atoms with Crippen molar-refractivity contribution >= 4 is 5.91 Å². The summed E-state index contributed by atoms with van der Waals surface area (Å²) in [5.74, 6) is -0.555. The molecule has 13 N–H and O–H groups in total. The first-order valence-electron chi connectivity index (χ1n) is 15.6. The fourth-order valence-corrected chi connectivity index (χ4v) is 3.61. The lowest BCUT2D eigenvalue weighted by Gasteiger charge is -2.25. The Labute approximate surface area is 279 Å². The van der Waals surface area contributed by atoms with Crippen molar-refractivity contribution in [3.8, 4) is 0 Å². The van der Waals surface area contributed by atoms with Crippen LogP contribution >= 0.6 is 0 Å². The average molecular weight is 711 g/mol. The summed E-state index contributed by atoms with van der Waals surface area (Å²) < 4.78 is 31.1. The van der Waals surface area contributed by atoms with Gasteiger partial charge in [0, 0.05) is 19.5 Å². The van der Waals surface area contributed by atoms with Crippen molar-refractivity contribution in [2.24, 2.45) is 0 Å². The molecular weight excluding hydrogens is 652 g/mol. The number of hydrogen-bond acceptors (Lipinski definition) is 19. The van der Waals surface area contributed by atoms with E-state index in [2.05, 4.69) is 10.6 Å². The van der Waals surface area contributed by atoms with E-state index in [1.807, 2.05) is 0 Å². The van der Waals surface area contributed by atoms with Crippen molar-refractivity contribution < 1.29 is 89.4 Å². The highest BCUT2D eigenvalue weighted by atomic mass is 16.5. The topological polar surface area (TPSA) is 319 Å². The molecule has 0 bridgehead atoms. The van der Waals surface area contributed by atoms with Gasteiger partial charge in [0.15, 0.2) is 0 Å². The lowest BCUT2D eigenvalue weighted by Crippen LogP contribution is -2.49. The summed E-state index contributed by atoms with van der Waals surface area (Å²) in [4.78, 5) is 11.8. The van der Waals surface area contributed by atoms with E-state index in [9.17, 15) is 55.9 Å². The molecule has 0 saturated heterocycles. The van der Waals surface area contributed by atoms with E-state index < -0.39 is 80.1 Å². The maximum absolute atomic E-state index is 11.8. The van der Waals surface area contributed by atoms with Gasteiger partial charge in [0.1, 0.15) is 48.8 Å². The Hall–Kier alpha value is -1.25. The van der Waals surface area contributed by atoms with E-state index in [0.29, 0.717) is 6.54 Å². The standard InChI is InChI=1S/C28H58N2O18/c1-29-4-18(32)7-44-10-20(34)11-46-14-22(36)15-48-17-23(37)16-47-13-21(35)12-45-9-19(33)8-43-3-2-26(40)30-5-24(38)27(41)28(42)25(39)6-31/h18-25,27-29,31-39,41-42H,2-17H2,1H3,(H,30,40)/t18?,19?,20?,21?,22?,23?,24-,25+,27+,28+/m0/s1. The van der Waals surface area contributed by atoms with Gasteiger partial charge in [-0.2, -0.15) is 0 Å². The van der Waals surface area contributed by atoms with E-state index >= 15 is 0 Å². The summed E-state index contributed by atoms with van der Waals surface area (Å²) >= 11 is 0. The zero-order valence-corrected chi connectivity index (χ0v) is 27.4. The van der Waals surface area contributed by atoms with Gasteiger partial charge < -0.3 is 95.2 Å². The zero-order chi connectivity index (χ0) is 36.3. The van der Waals surface area contributed by atoms with Crippen molar-refractivity contribution in [3.05, 3.63) is 0 Å². The molecule has 288 valence electrons. The van der Waals surface area contributed by atoms with Gasteiger partial charge in [0.2, 0.25) is 5.91 Å². The third-order valence-corrected chi connectivity index (χ3v) is 6.16. The van der Waals surface area contributed by atoms with E-state index in [1.165, 1.54) is 0 Å². The molecule has 0 heterocycles.